The number of hydrogen-bond donors (Lipinski definition) is 1. The maximum Gasteiger partial charge on any atom is 0.114 e. The predicted octanol–water partition coefficient (Wildman–Crippen LogP) is 3.45. The molecule has 0 radical (unpaired) electrons. The normalized spacial score (nSPS) is 13.5. The smallest absolute Gasteiger partial charge is 0.114 e. The molecule has 0 bridgehead atoms. The molecular weight excluding hydrogens is 254 g/mol. The third kappa shape index (κ3) is 3.01. The van der Waals surface area contributed by atoms with E-state index < -0.39 is 0 Å². The lowest BCUT2D eigenvalue weighted by molar-refractivity contribution is 0.566. The topological polar surface area (TPSA) is 37.8 Å². The first-order valence-corrected chi connectivity index (χ1v) is 7.35. The average molecular weight is 275 g/mol. The molecule has 0 amide bonds. The number of aryl methyl sites for hydroxylation is 1. The zero-order valence-electron chi connectivity index (χ0n) is 12.2. The van der Waals surface area contributed by atoms with Crippen molar-refractivity contribution >= 4 is 11.3 Å². The molecule has 2 heterocycles. The van der Waals surface area contributed by atoms with E-state index in [1.165, 1.54) is 11.1 Å². The number of aromatic nitrogens is 2. The Bertz CT molecular complexity index is 555. The highest BCUT2D eigenvalue weighted by atomic mass is 32.1. The van der Waals surface area contributed by atoms with Gasteiger partial charge in [0.15, 0.2) is 0 Å². The van der Waals surface area contributed by atoms with E-state index in [1.54, 1.807) is 11.3 Å². The molecule has 0 saturated carbocycles. The van der Waals surface area contributed by atoms with Crippen molar-refractivity contribution in [2.75, 3.05) is 7.05 Å². The van der Waals surface area contributed by atoms with Gasteiger partial charge in [0.1, 0.15) is 5.01 Å². The molecule has 3 nitrogen and oxygen atoms in total. The Kier molecular flexibility index (Phi) is 4.02. The van der Waals surface area contributed by atoms with E-state index >= 15 is 0 Å². The lowest BCUT2D eigenvalue weighted by Gasteiger charge is -2.17. The van der Waals surface area contributed by atoms with Crippen molar-refractivity contribution in [1.82, 2.24) is 15.3 Å². The van der Waals surface area contributed by atoms with Gasteiger partial charge in [-0.3, -0.25) is 4.98 Å². The van der Waals surface area contributed by atoms with Gasteiger partial charge in [-0.05, 0) is 31.2 Å². The fourth-order valence-corrected chi connectivity index (χ4v) is 3.13. The van der Waals surface area contributed by atoms with Crippen LogP contribution in [0.3, 0.4) is 0 Å². The van der Waals surface area contributed by atoms with E-state index in [9.17, 15) is 0 Å². The van der Waals surface area contributed by atoms with E-state index in [0.29, 0.717) is 0 Å². The third-order valence-electron chi connectivity index (χ3n) is 3.22. The summed E-state index contributed by atoms with van der Waals surface area (Å²) in [5.74, 6) is 0. The van der Waals surface area contributed by atoms with Crippen molar-refractivity contribution in [2.45, 2.75) is 39.2 Å². The van der Waals surface area contributed by atoms with Gasteiger partial charge >= 0.3 is 0 Å². The van der Waals surface area contributed by atoms with Gasteiger partial charge in [-0.15, -0.1) is 11.3 Å². The molecule has 102 valence electrons. The highest BCUT2D eigenvalue weighted by Crippen LogP contribution is 2.30. The second-order valence-corrected chi connectivity index (χ2v) is 6.66. The molecule has 0 aliphatic rings. The maximum absolute atomic E-state index is 4.80. The molecule has 1 N–H and O–H groups in total. The Balaban J connectivity index is 2.38. The van der Waals surface area contributed by atoms with Crippen LogP contribution in [0.15, 0.2) is 23.8 Å². The first-order chi connectivity index (χ1) is 8.93. The predicted molar refractivity (Wildman–Crippen MR) is 80.7 cm³/mol. The molecule has 0 saturated heterocycles. The Hall–Kier alpha value is -1.26. The van der Waals surface area contributed by atoms with Crippen LogP contribution in [0.1, 0.15) is 48.6 Å². The number of pyridine rings is 1. The van der Waals surface area contributed by atoms with Crippen LogP contribution in [-0.4, -0.2) is 17.0 Å². The maximum atomic E-state index is 4.80. The van der Waals surface area contributed by atoms with E-state index in [1.807, 2.05) is 25.5 Å². The minimum atomic E-state index is 0.0943. The number of nitrogens with zero attached hydrogens (tertiary/aromatic N) is 2. The Morgan fingerprint density at radius 3 is 2.58 bits per heavy atom. The summed E-state index contributed by atoms with van der Waals surface area (Å²) < 4.78 is 0. The summed E-state index contributed by atoms with van der Waals surface area (Å²) >= 11 is 1.71. The van der Waals surface area contributed by atoms with Crippen LogP contribution in [0.2, 0.25) is 0 Å². The van der Waals surface area contributed by atoms with Gasteiger partial charge in [0, 0.05) is 23.2 Å². The average Bonchev–Trinajstić information content (AvgIpc) is 2.82. The first kappa shape index (κ1) is 14.2. The SMILES string of the molecule is CNC(c1nc(C(C)(C)C)cs1)c1cnccc1C. The van der Waals surface area contributed by atoms with Crippen molar-refractivity contribution in [2.24, 2.45) is 0 Å². The van der Waals surface area contributed by atoms with Gasteiger partial charge < -0.3 is 5.32 Å². The van der Waals surface area contributed by atoms with E-state index in [-0.39, 0.29) is 11.5 Å². The van der Waals surface area contributed by atoms with Crippen LogP contribution < -0.4 is 5.32 Å². The zero-order chi connectivity index (χ0) is 14.0. The zero-order valence-corrected chi connectivity index (χ0v) is 13.0. The number of hydrogen-bond acceptors (Lipinski definition) is 4. The van der Waals surface area contributed by atoms with E-state index in [0.717, 1.165) is 10.7 Å². The van der Waals surface area contributed by atoms with Gasteiger partial charge in [-0.1, -0.05) is 20.8 Å². The lowest BCUT2D eigenvalue weighted by Crippen LogP contribution is -2.19. The Morgan fingerprint density at radius 1 is 1.32 bits per heavy atom. The fourth-order valence-electron chi connectivity index (χ4n) is 1.96. The quantitative estimate of drug-likeness (QED) is 0.932. The summed E-state index contributed by atoms with van der Waals surface area (Å²) in [6.07, 6.45) is 3.75. The Labute approximate surface area is 119 Å². The van der Waals surface area contributed by atoms with Gasteiger partial charge in [-0.2, -0.15) is 0 Å². The van der Waals surface area contributed by atoms with Crippen LogP contribution >= 0.6 is 11.3 Å². The summed E-state index contributed by atoms with van der Waals surface area (Å²) in [5, 5.41) is 6.61. The van der Waals surface area contributed by atoms with Crippen molar-refractivity contribution in [3.05, 3.63) is 45.7 Å². The minimum absolute atomic E-state index is 0.0943. The molecular formula is C15H21N3S. The standard InChI is InChI=1S/C15H21N3S/c1-10-6-7-17-8-11(10)13(16-5)14-18-12(9-19-14)15(2,3)4/h6-9,13,16H,1-5H3. The first-order valence-electron chi connectivity index (χ1n) is 6.47. The number of nitrogens with one attached hydrogen (secondary N) is 1. The molecule has 2 aromatic heterocycles. The van der Waals surface area contributed by atoms with E-state index in [2.05, 4.69) is 43.4 Å². The summed E-state index contributed by atoms with van der Waals surface area (Å²) in [4.78, 5) is 9.03. The van der Waals surface area contributed by atoms with Crippen molar-refractivity contribution in [3.63, 3.8) is 0 Å². The summed E-state index contributed by atoms with van der Waals surface area (Å²) in [6.45, 7) is 8.68. The van der Waals surface area contributed by atoms with Crippen LogP contribution in [0, 0.1) is 6.92 Å². The molecule has 0 aromatic carbocycles. The fraction of sp³-hybridized carbons (Fsp3) is 0.467. The molecule has 1 unspecified atom stereocenters. The van der Waals surface area contributed by atoms with Crippen molar-refractivity contribution < 1.29 is 0 Å². The minimum Gasteiger partial charge on any atom is -0.307 e. The molecule has 0 spiro atoms. The second-order valence-electron chi connectivity index (χ2n) is 5.77. The summed E-state index contributed by atoms with van der Waals surface area (Å²) in [6, 6.07) is 2.16. The van der Waals surface area contributed by atoms with Gasteiger partial charge in [0.25, 0.3) is 0 Å². The van der Waals surface area contributed by atoms with Crippen LogP contribution in [0.5, 0.6) is 0 Å². The van der Waals surface area contributed by atoms with E-state index in [4.69, 9.17) is 4.98 Å². The Morgan fingerprint density at radius 2 is 2.05 bits per heavy atom. The van der Waals surface area contributed by atoms with Gasteiger partial charge in [0.2, 0.25) is 0 Å². The molecule has 2 rings (SSSR count). The van der Waals surface area contributed by atoms with Crippen LogP contribution in [-0.2, 0) is 5.41 Å². The molecule has 0 fully saturated rings. The van der Waals surface area contributed by atoms with Crippen molar-refractivity contribution in [1.29, 1.82) is 0 Å². The largest absolute Gasteiger partial charge is 0.307 e. The molecule has 0 aliphatic carbocycles. The number of thiazole rings is 1. The molecule has 1 atom stereocenters. The third-order valence-corrected chi connectivity index (χ3v) is 4.13. The van der Waals surface area contributed by atoms with Crippen LogP contribution in [0.25, 0.3) is 0 Å². The summed E-state index contributed by atoms with van der Waals surface area (Å²) in [5.41, 5.74) is 3.67. The molecule has 4 heteroatoms. The van der Waals surface area contributed by atoms with Crippen LogP contribution in [0.4, 0.5) is 0 Å². The highest BCUT2D eigenvalue weighted by molar-refractivity contribution is 7.09. The van der Waals surface area contributed by atoms with Gasteiger partial charge in [0.05, 0.1) is 11.7 Å². The molecule has 2 aromatic rings. The summed E-state index contributed by atoms with van der Waals surface area (Å²) in [7, 11) is 1.97. The van der Waals surface area contributed by atoms with Gasteiger partial charge in [-0.25, -0.2) is 4.98 Å². The molecule has 19 heavy (non-hydrogen) atoms. The van der Waals surface area contributed by atoms with Crippen molar-refractivity contribution in [3.8, 4) is 0 Å². The number of rotatable bonds is 3. The monoisotopic (exact) mass is 275 g/mol. The lowest BCUT2D eigenvalue weighted by atomic mass is 9.93. The highest BCUT2D eigenvalue weighted by Gasteiger charge is 2.22. The molecule has 0 aliphatic heterocycles. The second kappa shape index (κ2) is 5.39.